The van der Waals surface area contributed by atoms with E-state index in [0.717, 1.165) is 48.4 Å². The number of hydrogen-bond acceptors (Lipinski definition) is 6. The number of nitro benzene ring substituents is 1. The number of oxazole rings is 1. The molecule has 1 amide bonds. The molecule has 2 heterocycles. The van der Waals surface area contributed by atoms with Gasteiger partial charge in [0.15, 0.2) is 0 Å². The minimum absolute atomic E-state index is 0.0893. The summed E-state index contributed by atoms with van der Waals surface area (Å²) in [5.41, 5.74) is 3.77. The van der Waals surface area contributed by atoms with Crippen molar-refractivity contribution in [3.05, 3.63) is 75.7 Å². The lowest BCUT2D eigenvalue weighted by Gasteiger charge is -2.33. The Morgan fingerprint density at radius 3 is 2.64 bits per heavy atom. The zero-order chi connectivity index (χ0) is 23.4. The monoisotopic (exact) mass is 448 g/mol. The molecule has 172 valence electrons. The SMILES string of the molecule is Cc1ccc(-c2nc(CCNC(=O)c3cc([N+](=O)[O-])ccc3N3CCC(C)CC3)co2)cc1. The number of aromatic nitrogens is 1. The van der Waals surface area contributed by atoms with Gasteiger partial charge in [0.1, 0.15) is 6.26 Å². The van der Waals surface area contributed by atoms with Crippen LogP contribution in [0.4, 0.5) is 11.4 Å². The molecule has 0 unspecified atom stereocenters. The molecule has 1 saturated heterocycles. The molecule has 1 aromatic heterocycles. The van der Waals surface area contributed by atoms with E-state index in [4.69, 9.17) is 4.42 Å². The Kier molecular flexibility index (Phi) is 6.72. The zero-order valence-corrected chi connectivity index (χ0v) is 18.9. The van der Waals surface area contributed by atoms with Gasteiger partial charge in [-0.3, -0.25) is 14.9 Å². The number of carbonyl (C=O) groups is 1. The maximum Gasteiger partial charge on any atom is 0.270 e. The first kappa shape index (κ1) is 22.5. The van der Waals surface area contributed by atoms with Crippen LogP contribution in [0.25, 0.3) is 11.5 Å². The van der Waals surface area contributed by atoms with E-state index in [1.807, 2.05) is 31.2 Å². The standard InChI is InChI=1S/C25H28N4O4/c1-17-3-5-19(6-4-17)25-27-20(16-33-25)9-12-26-24(30)22-15-21(29(31)32)7-8-23(22)28-13-10-18(2)11-14-28/h3-8,15-16,18H,9-14H2,1-2H3,(H,26,30). The molecular formula is C25H28N4O4. The molecule has 1 fully saturated rings. The molecule has 0 radical (unpaired) electrons. The van der Waals surface area contributed by atoms with Crippen molar-refractivity contribution in [3.63, 3.8) is 0 Å². The van der Waals surface area contributed by atoms with E-state index in [-0.39, 0.29) is 11.6 Å². The molecule has 1 aliphatic heterocycles. The van der Waals surface area contributed by atoms with E-state index in [1.54, 1.807) is 12.3 Å². The van der Waals surface area contributed by atoms with Gasteiger partial charge in [-0.05, 0) is 43.9 Å². The van der Waals surface area contributed by atoms with E-state index in [1.165, 1.54) is 12.1 Å². The van der Waals surface area contributed by atoms with Crippen LogP contribution in [0.1, 0.15) is 41.4 Å². The van der Waals surface area contributed by atoms with Gasteiger partial charge in [-0.25, -0.2) is 4.98 Å². The topological polar surface area (TPSA) is 102 Å². The lowest BCUT2D eigenvalue weighted by Crippen LogP contribution is -2.35. The number of nitrogens with one attached hydrogen (secondary N) is 1. The molecule has 8 heteroatoms. The summed E-state index contributed by atoms with van der Waals surface area (Å²) in [6.07, 6.45) is 4.16. The summed E-state index contributed by atoms with van der Waals surface area (Å²) in [7, 11) is 0. The van der Waals surface area contributed by atoms with Crippen molar-refractivity contribution in [2.75, 3.05) is 24.5 Å². The van der Waals surface area contributed by atoms with E-state index < -0.39 is 4.92 Å². The number of amides is 1. The van der Waals surface area contributed by atoms with Crippen molar-refractivity contribution in [3.8, 4) is 11.5 Å². The highest BCUT2D eigenvalue weighted by molar-refractivity contribution is 6.00. The summed E-state index contributed by atoms with van der Waals surface area (Å²) in [6.45, 7) is 6.25. The van der Waals surface area contributed by atoms with Crippen molar-refractivity contribution in [2.24, 2.45) is 5.92 Å². The fourth-order valence-electron chi connectivity index (χ4n) is 3.99. The average Bonchev–Trinajstić information content (AvgIpc) is 3.28. The maximum absolute atomic E-state index is 13.0. The molecular weight excluding hydrogens is 420 g/mol. The molecule has 1 aliphatic rings. The Morgan fingerprint density at radius 1 is 1.21 bits per heavy atom. The Hall–Kier alpha value is -3.68. The summed E-state index contributed by atoms with van der Waals surface area (Å²) < 4.78 is 5.58. The highest BCUT2D eigenvalue weighted by Crippen LogP contribution is 2.29. The summed E-state index contributed by atoms with van der Waals surface area (Å²) >= 11 is 0. The van der Waals surface area contributed by atoms with Crippen LogP contribution in [-0.2, 0) is 6.42 Å². The lowest BCUT2D eigenvalue weighted by molar-refractivity contribution is -0.384. The van der Waals surface area contributed by atoms with E-state index in [2.05, 4.69) is 22.1 Å². The molecule has 1 N–H and O–H groups in total. The molecule has 33 heavy (non-hydrogen) atoms. The molecule has 0 spiro atoms. The van der Waals surface area contributed by atoms with Crippen LogP contribution in [0.3, 0.4) is 0 Å². The number of benzene rings is 2. The molecule has 4 rings (SSSR count). The first-order chi connectivity index (χ1) is 15.9. The molecule has 3 aromatic rings. The third-order valence-electron chi connectivity index (χ3n) is 6.08. The summed E-state index contributed by atoms with van der Waals surface area (Å²) in [5.74, 6) is 0.857. The van der Waals surface area contributed by atoms with Crippen LogP contribution < -0.4 is 10.2 Å². The summed E-state index contributed by atoms with van der Waals surface area (Å²) in [4.78, 5) is 30.4. The quantitative estimate of drug-likeness (QED) is 0.413. The summed E-state index contributed by atoms with van der Waals surface area (Å²) in [5, 5.41) is 14.2. The second kappa shape index (κ2) is 9.85. The normalized spacial score (nSPS) is 14.3. The van der Waals surface area contributed by atoms with E-state index in [9.17, 15) is 14.9 Å². The Labute approximate surface area is 192 Å². The third-order valence-corrected chi connectivity index (χ3v) is 6.08. The average molecular weight is 449 g/mol. The van der Waals surface area contributed by atoms with Gasteiger partial charge in [0.05, 0.1) is 21.9 Å². The molecule has 0 atom stereocenters. The fraction of sp³-hybridized carbons (Fsp3) is 0.360. The molecule has 0 aliphatic carbocycles. The zero-order valence-electron chi connectivity index (χ0n) is 18.9. The van der Waals surface area contributed by atoms with Crippen molar-refractivity contribution in [1.29, 1.82) is 0 Å². The number of nitro groups is 1. The number of anilines is 1. The van der Waals surface area contributed by atoms with Crippen LogP contribution >= 0.6 is 0 Å². The van der Waals surface area contributed by atoms with Crippen molar-refractivity contribution >= 4 is 17.3 Å². The minimum Gasteiger partial charge on any atom is -0.444 e. The largest absolute Gasteiger partial charge is 0.444 e. The van der Waals surface area contributed by atoms with Gasteiger partial charge in [0.25, 0.3) is 11.6 Å². The predicted octanol–water partition coefficient (Wildman–Crippen LogP) is 4.77. The summed E-state index contributed by atoms with van der Waals surface area (Å²) in [6, 6.07) is 12.4. The van der Waals surface area contributed by atoms with E-state index >= 15 is 0 Å². The van der Waals surface area contributed by atoms with Gasteiger partial charge in [0.2, 0.25) is 5.89 Å². The first-order valence-electron chi connectivity index (χ1n) is 11.2. The Balaban J connectivity index is 1.43. The minimum atomic E-state index is -0.471. The van der Waals surface area contributed by atoms with Crippen molar-refractivity contribution in [1.82, 2.24) is 10.3 Å². The second-order valence-electron chi connectivity index (χ2n) is 8.64. The number of non-ortho nitro benzene ring substituents is 1. The Morgan fingerprint density at radius 2 is 1.94 bits per heavy atom. The number of hydrogen-bond donors (Lipinski definition) is 1. The van der Waals surface area contributed by atoms with Gasteiger partial charge < -0.3 is 14.6 Å². The highest BCUT2D eigenvalue weighted by Gasteiger charge is 2.23. The molecule has 2 aromatic carbocycles. The van der Waals surface area contributed by atoms with Crippen LogP contribution in [0.15, 0.2) is 53.1 Å². The molecule has 0 bridgehead atoms. The van der Waals surface area contributed by atoms with Gasteiger partial charge in [0, 0.05) is 43.8 Å². The second-order valence-corrected chi connectivity index (χ2v) is 8.64. The van der Waals surface area contributed by atoms with Crippen molar-refractivity contribution < 1.29 is 14.1 Å². The van der Waals surface area contributed by atoms with Gasteiger partial charge in [-0.15, -0.1) is 0 Å². The van der Waals surface area contributed by atoms with E-state index in [0.29, 0.717) is 30.3 Å². The molecule has 0 saturated carbocycles. The van der Waals surface area contributed by atoms with Crippen LogP contribution in [0.2, 0.25) is 0 Å². The smallest absolute Gasteiger partial charge is 0.270 e. The number of nitrogens with zero attached hydrogens (tertiary/aromatic N) is 3. The first-order valence-corrected chi connectivity index (χ1v) is 11.2. The van der Waals surface area contributed by atoms with Crippen LogP contribution in [0, 0.1) is 23.0 Å². The van der Waals surface area contributed by atoms with Gasteiger partial charge in [-0.2, -0.15) is 0 Å². The maximum atomic E-state index is 13.0. The number of piperidine rings is 1. The number of carbonyl (C=O) groups excluding carboxylic acids is 1. The predicted molar refractivity (Wildman–Crippen MR) is 126 cm³/mol. The van der Waals surface area contributed by atoms with Crippen molar-refractivity contribution in [2.45, 2.75) is 33.1 Å². The van der Waals surface area contributed by atoms with Crippen LogP contribution in [0.5, 0.6) is 0 Å². The number of aryl methyl sites for hydroxylation is 1. The van der Waals surface area contributed by atoms with Gasteiger partial charge in [-0.1, -0.05) is 24.6 Å². The lowest BCUT2D eigenvalue weighted by atomic mass is 9.98. The highest BCUT2D eigenvalue weighted by atomic mass is 16.6. The van der Waals surface area contributed by atoms with Crippen LogP contribution in [-0.4, -0.2) is 35.4 Å². The Bertz CT molecular complexity index is 1130. The fourth-order valence-corrected chi connectivity index (χ4v) is 3.99. The van der Waals surface area contributed by atoms with Gasteiger partial charge >= 0.3 is 0 Å². The molecule has 8 nitrogen and oxygen atoms in total. The number of rotatable bonds is 7. The third kappa shape index (κ3) is 5.39.